The molecule has 0 N–H and O–H groups in total. The average molecular weight is 606 g/mol. The molecule has 0 aliphatic rings. The van der Waals surface area contributed by atoms with Gasteiger partial charge in [0, 0.05) is 27.6 Å². The third-order valence-electron chi connectivity index (χ3n) is 8.45. The van der Waals surface area contributed by atoms with Crippen LogP contribution in [0, 0.1) is 6.92 Å². The number of ether oxygens (including phenoxy) is 1. The van der Waals surface area contributed by atoms with Crippen LogP contribution in [0.1, 0.15) is 109 Å². The zero-order valence-corrected chi connectivity index (χ0v) is 29.6. The van der Waals surface area contributed by atoms with Crippen molar-refractivity contribution in [2.24, 2.45) is 4.99 Å². The second kappa shape index (κ2) is 13.8. The summed E-state index contributed by atoms with van der Waals surface area (Å²) < 4.78 is 6.95. The van der Waals surface area contributed by atoms with Gasteiger partial charge in [0.15, 0.2) is 0 Å². The number of aryl methyl sites for hydroxylation is 1. The minimum Gasteiger partial charge on any atom is -0.488 e. The van der Waals surface area contributed by atoms with E-state index in [-0.39, 0.29) is 16.0 Å². The molecule has 0 aliphatic carbocycles. The van der Waals surface area contributed by atoms with Crippen LogP contribution in [0.3, 0.4) is 0 Å². The molecule has 0 saturated carbocycles. The van der Waals surface area contributed by atoms with E-state index in [1.807, 2.05) is 6.07 Å². The Bertz CT molecular complexity index is 1580. The van der Waals surface area contributed by atoms with Gasteiger partial charge in [-0.3, -0.25) is 4.99 Å². The van der Waals surface area contributed by atoms with Gasteiger partial charge in [0.1, 0.15) is 12.4 Å². The van der Waals surface area contributed by atoms with Gasteiger partial charge in [0.2, 0.25) is 0 Å². The molecule has 232 valence electrons. The molecular formula is C41H52NOP. The number of nitrogens with zero attached hydrogens (tertiary/aromatic N) is 1. The smallest absolute Gasteiger partial charge is 0.127 e. The Morgan fingerprint density at radius 2 is 1.36 bits per heavy atom. The van der Waals surface area contributed by atoms with E-state index in [0.29, 0.717) is 15.2 Å². The molecule has 0 fully saturated rings. The van der Waals surface area contributed by atoms with Crippen LogP contribution in [0.4, 0.5) is 5.69 Å². The highest BCUT2D eigenvalue weighted by Crippen LogP contribution is 2.52. The van der Waals surface area contributed by atoms with Crippen LogP contribution in [0.5, 0.6) is 5.75 Å². The van der Waals surface area contributed by atoms with Gasteiger partial charge in [-0.25, -0.2) is 0 Å². The Labute approximate surface area is 269 Å². The number of rotatable bonds is 10. The summed E-state index contributed by atoms with van der Waals surface area (Å²) in [6.07, 6.45) is 2.15. The predicted octanol–water partition coefficient (Wildman–Crippen LogP) is 11.3. The Morgan fingerprint density at radius 1 is 0.750 bits per heavy atom. The van der Waals surface area contributed by atoms with Crippen LogP contribution in [0.25, 0.3) is 0 Å². The van der Waals surface area contributed by atoms with E-state index in [1.165, 1.54) is 38.7 Å². The Morgan fingerprint density at radius 3 is 1.95 bits per heavy atom. The lowest BCUT2D eigenvalue weighted by molar-refractivity contribution is 0.290. The summed E-state index contributed by atoms with van der Waals surface area (Å²) in [4.78, 5) is 5.05. The van der Waals surface area contributed by atoms with Gasteiger partial charge in [-0.2, -0.15) is 0 Å². The summed E-state index contributed by atoms with van der Waals surface area (Å²) in [5.74, 6) is 1.06. The third-order valence-corrected chi connectivity index (χ3v) is 10.4. The van der Waals surface area contributed by atoms with Crippen molar-refractivity contribution in [1.29, 1.82) is 0 Å². The molecule has 2 atom stereocenters. The molecule has 3 heteroatoms. The standard InChI is InChI=1S/C41H52NOP/c1-11-25-41(10,44-38-29(2)19-18-24-34(38)30(3)42-33-22-16-13-17-23-33)36-27-32(39(4,5)6)26-35(40(7,8)9)37(36)43-28-31-20-14-12-15-21-31/h12-24,26-27,44H,11,25,28H2,1-10H3. The molecule has 0 spiro atoms. The molecule has 44 heavy (non-hydrogen) atoms. The van der Waals surface area contributed by atoms with E-state index in [4.69, 9.17) is 9.73 Å². The third kappa shape index (κ3) is 8.08. The molecule has 2 unspecified atom stereocenters. The number of aliphatic imine (C=N–C) groups is 1. The number of benzene rings is 4. The zero-order valence-electron chi connectivity index (χ0n) is 28.6. The van der Waals surface area contributed by atoms with Gasteiger partial charge in [-0.15, -0.1) is 0 Å². The Kier molecular flexibility index (Phi) is 10.6. The van der Waals surface area contributed by atoms with Crippen molar-refractivity contribution >= 4 is 25.3 Å². The Balaban J connectivity index is 1.93. The molecule has 2 nitrogen and oxygen atoms in total. The van der Waals surface area contributed by atoms with Crippen LogP contribution in [-0.4, -0.2) is 5.71 Å². The molecule has 0 saturated heterocycles. The van der Waals surface area contributed by atoms with Crippen molar-refractivity contribution in [2.45, 2.75) is 105 Å². The SMILES string of the molecule is CCCC(C)(Pc1c(C)cccc1C(C)=Nc1ccccc1)c1cc(C(C)(C)C)cc(C(C)(C)C)c1OCc1ccccc1. The molecule has 0 bridgehead atoms. The summed E-state index contributed by atoms with van der Waals surface area (Å²) in [6, 6.07) is 32.4. The summed E-state index contributed by atoms with van der Waals surface area (Å²) >= 11 is 0. The largest absolute Gasteiger partial charge is 0.488 e. The number of para-hydroxylation sites is 1. The first-order chi connectivity index (χ1) is 20.7. The highest BCUT2D eigenvalue weighted by molar-refractivity contribution is 7.49. The van der Waals surface area contributed by atoms with Crippen LogP contribution in [0.15, 0.2) is 96.0 Å². The molecule has 4 aromatic carbocycles. The predicted molar refractivity (Wildman–Crippen MR) is 194 cm³/mol. The fourth-order valence-corrected chi connectivity index (χ4v) is 7.77. The van der Waals surface area contributed by atoms with E-state index in [1.54, 1.807) is 0 Å². The van der Waals surface area contributed by atoms with Crippen LogP contribution < -0.4 is 10.0 Å². The van der Waals surface area contributed by atoms with Crippen molar-refractivity contribution in [3.63, 3.8) is 0 Å². The lowest BCUT2D eigenvalue weighted by atomic mass is 9.77. The van der Waals surface area contributed by atoms with E-state index in [0.717, 1.165) is 30.0 Å². The van der Waals surface area contributed by atoms with Gasteiger partial charge in [-0.1, -0.05) is 149 Å². The van der Waals surface area contributed by atoms with E-state index in [9.17, 15) is 0 Å². The first kappa shape index (κ1) is 33.7. The summed E-state index contributed by atoms with van der Waals surface area (Å²) in [7, 11) is 0.550. The summed E-state index contributed by atoms with van der Waals surface area (Å²) in [5, 5.41) is 1.27. The van der Waals surface area contributed by atoms with E-state index >= 15 is 0 Å². The van der Waals surface area contributed by atoms with Crippen molar-refractivity contribution in [3.8, 4) is 5.75 Å². The second-order valence-corrected chi connectivity index (χ2v) is 16.3. The molecule has 0 amide bonds. The van der Waals surface area contributed by atoms with Gasteiger partial charge >= 0.3 is 0 Å². The minimum atomic E-state index is -0.129. The molecule has 4 aromatic rings. The summed E-state index contributed by atoms with van der Waals surface area (Å²) in [6.45, 7) is 23.7. The fourth-order valence-electron chi connectivity index (χ4n) is 5.85. The van der Waals surface area contributed by atoms with Gasteiger partial charge in [0.25, 0.3) is 0 Å². The molecular weight excluding hydrogens is 553 g/mol. The second-order valence-electron chi connectivity index (χ2n) is 14.4. The molecule has 0 aromatic heterocycles. The Hall–Kier alpha value is -3.22. The lowest BCUT2D eigenvalue weighted by Crippen LogP contribution is -2.27. The van der Waals surface area contributed by atoms with Crippen LogP contribution in [-0.2, 0) is 22.6 Å². The van der Waals surface area contributed by atoms with Crippen molar-refractivity contribution < 1.29 is 4.74 Å². The van der Waals surface area contributed by atoms with E-state index in [2.05, 4.69) is 154 Å². The molecule has 0 radical (unpaired) electrons. The van der Waals surface area contributed by atoms with Crippen LogP contribution in [0.2, 0.25) is 0 Å². The topological polar surface area (TPSA) is 21.6 Å². The molecule has 4 rings (SSSR count). The molecule has 0 aliphatic heterocycles. The normalized spacial score (nSPS) is 14.2. The average Bonchev–Trinajstić information content (AvgIpc) is 2.97. The monoisotopic (exact) mass is 605 g/mol. The summed E-state index contributed by atoms with van der Waals surface area (Å²) in [5.41, 5.74) is 9.70. The fraction of sp³-hybridized carbons (Fsp3) is 0.390. The maximum absolute atomic E-state index is 6.95. The first-order valence-corrected chi connectivity index (χ1v) is 17.1. The number of hydrogen-bond donors (Lipinski definition) is 0. The number of hydrogen-bond acceptors (Lipinski definition) is 2. The maximum Gasteiger partial charge on any atom is 0.127 e. The first-order valence-electron chi connectivity index (χ1n) is 16.1. The highest BCUT2D eigenvalue weighted by atomic mass is 31.1. The lowest BCUT2D eigenvalue weighted by Gasteiger charge is -2.37. The zero-order chi connectivity index (χ0) is 32.1. The van der Waals surface area contributed by atoms with Gasteiger partial charge < -0.3 is 4.74 Å². The van der Waals surface area contributed by atoms with Crippen molar-refractivity contribution in [1.82, 2.24) is 0 Å². The van der Waals surface area contributed by atoms with Crippen LogP contribution >= 0.6 is 8.58 Å². The van der Waals surface area contributed by atoms with Gasteiger partial charge in [-0.05, 0) is 65.2 Å². The van der Waals surface area contributed by atoms with E-state index < -0.39 is 0 Å². The van der Waals surface area contributed by atoms with Gasteiger partial charge in [0.05, 0.1) is 5.69 Å². The maximum atomic E-state index is 6.95. The minimum absolute atomic E-state index is 0.00962. The molecule has 0 heterocycles. The highest BCUT2D eigenvalue weighted by Gasteiger charge is 2.36. The van der Waals surface area contributed by atoms with Crippen molar-refractivity contribution in [3.05, 3.63) is 124 Å². The quantitative estimate of drug-likeness (QED) is 0.130. The van der Waals surface area contributed by atoms with Crippen molar-refractivity contribution in [2.75, 3.05) is 0 Å².